The average molecular weight is 282 g/mol. The summed E-state index contributed by atoms with van der Waals surface area (Å²) in [6.45, 7) is 1.98. The maximum atomic E-state index is 6.05. The van der Waals surface area contributed by atoms with Crippen molar-refractivity contribution >= 4 is 29.2 Å². The van der Waals surface area contributed by atoms with Gasteiger partial charge in [0.25, 0.3) is 0 Å². The first-order valence-electron chi connectivity index (χ1n) is 5.36. The Morgan fingerprint density at radius 2 is 2.28 bits per heavy atom. The fourth-order valence-electron chi connectivity index (χ4n) is 1.30. The predicted molar refractivity (Wildman–Crippen MR) is 72.6 cm³/mol. The number of nitrogens with zero attached hydrogens (tertiary/aromatic N) is 3. The molecule has 0 bridgehead atoms. The number of aryl methyl sites for hydroxylation is 1. The number of aromatic nitrogens is 3. The van der Waals surface area contributed by atoms with Crippen molar-refractivity contribution in [1.82, 2.24) is 15.0 Å². The van der Waals surface area contributed by atoms with E-state index in [1.165, 1.54) is 11.8 Å². The summed E-state index contributed by atoms with van der Waals surface area (Å²) in [5, 5.41) is 2.07. The van der Waals surface area contributed by atoms with Gasteiger partial charge in [-0.1, -0.05) is 18.5 Å². The molecule has 0 saturated carbocycles. The van der Waals surface area contributed by atoms with Gasteiger partial charge in [0.1, 0.15) is 21.7 Å². The summed E-state index contributed by atoms with van der Waals surface area (Å²) >= 11 is 7.44. The molecule has 0 aliphatic rings. The molecule has 0 radical (unpaired) electrons. The monoisotopic (exact) mass is 281 g/mol. The first-order chi connectivity index (χ1) is 8.72. The summed E-state index contributed by atoms with van der Waals surface area (Å²) in [5.74, 6) is 6.68. The molecular weight excluding hydrogens is 270 g/mol. The molecule has 94 valence electrons. The van der Waals surface area contributed by atoms with Crippen LogP contribution in [0.15, 0.2) is 34.4 Å². The molecular formula is C11H12ClN5S. The van der Waals surface area contributed by atoms with Crippen molar-refractivity contribution < 1.29 is 0 Å². The Balaban J connectivity index is 2.31. The highest BCUT2D eigenvalue weighted by Gasteiger charge is 2.08. The lowest BCUT2D eigenvalue weighted by molar-refractivity contribution is 0.887. The molecule has 0 unspecified atom stereocenters. The van der Waals surface area contributed by atoms with Gasteiger partial charge >= 0.3 is 0 Å². The highest BCUT2D eigenvalue weighted by Crippen LogP contribution is 2.30. The van der Waals surface area contributed by atoms with Crippen molar-refractivity contribution in [3.05, 3.63) is 35.2 Å². The Bertz CT molecular complexity index is 526. The van der Waals surface area contributed by atoms with E-state index in [1.54, 1.807) is 24.4 Å². The van der Waals surface area contributed by atoms with E-state index in [2.05, 4.69) is 20.4 Å². The number of nitrogen functional groups attached to an aromatic ring is 1. The largest absolute Gasteiger partial charge is 0.308 e. The van der Waals surface area contributed by atoms with Gasteiger partial charge in [-0.3, -0.25) is 0 Å². The van der Waals surface area contributed by atoms with Crippen LogP contribution in [0.2, 0.25) is 5.02 Å². The molecule has 3 N–H and O–H groups in total. The number of anilines is 1. The lowest BCUT2D eigenvalue weighted by atomic mass is 10.4. The van der Waals surface area contributed by atoms with Crippen molar-refractivity contribution in [2.75, 3.05) is 5.43 Å². The van der Waals surface area contributed by atoms with E-state index in [9.17, 15) is 0 Å². The van der Waals surface area contributed by atoms with E-state index in [4.69, 9.17) is 17.4 Å². The molecule has 2 aromatic rings. The minimum Gasteiger partial charge on any atom is -0.308 e. The maximum Gasteiger partial charge on any atom is 0.144 e. The smallest absolute Gasteiger partial charge is 0.144 e. The van der Waals surface area contributed by atoms with Crippen molar-refractivity contribution in [3.63, 3.8) is 0 Å². The number of hydrogen-bond donors (Lipinski definition) is 2. The minimum absolute atomic E-state index is 0.580. The number of nitrogens with one attached hydrogen (secondary N) is 1. The average Bonchev–Trinajstić information content (AvgIpc) is 2.41. The van der Waals surface area contributed by atoms with E-state index in [0.717, 1.165) is 17.3 Å². The molecule has 0 aromatic carbocycles. The second-order valence-corrected chi connectivity index (χ2v) is 4.81. The van der Waals surface area contributed by atoms with Crippen molar-refractivity contribution in [3.8, 4) is 0 Å². The van der Waals surface area contributed by atoms with Gasteiger partial charge in [0, 0.05) is 18.7 Å². The number of hydrazine groups is 1. The quantitative estimate of drug-likeness (QED) is 0.509. The van der Waals surface area contributed by atoms with Gasteiger partial charge in [-0.2, -0.15) is 0 Å². The van der Waals surface area contributed by atoms with Crippen LogP contribution in [0.1, 0.15) is 12.7 Å². The number of halogens is 1. The number of pyridine rings is 1. The van der Waals surface area contributed by atoms with Crippen molar-refractivity contribution in [2.45, 2.75) is 23.4 Å². The Kier molecular flexibility index (Phi) is 4.35. The fraction of sp³-hybridized carbons (Fsp3) is 0.182. The molecule has 7 heteroatoms. The van der Waals surface area contributed by atoms with E-state index in [-0.39, 0.29) is 0 Å². The zero-order chi connectivity index (χ0) is 13.0. The summed E-state index contributed by atoms with van der Waals surface area (Å²) in [4.78, 5) is 12.8. The standard InChI is InChI=1S/C11H12ClN5S/c1-2-8-15-9(17-13)6-10(16-8)18-11-7(12)4-3-5-14-11/h3-6H,2,13H2,1H3,(H,15,16,17). The van der Waals surface area contributed by atoms with Gasteiger partial charge in [0.15, 0.2) is 0 Å². The molecule has 5 nitrogen and oxygen atoms in total. The van der Waals surface area contributed by atoms with Gasteiger partial charge in [0.05, 0.1) is 5.02 Å². The highest BCUT2D eigenvalue weighted by molar-refractivity contribution is 7.99. The lowest BCUT2D eigenvalue weighted by Gasteiger charge is -2.06. The molecule has 0 atom stereocenters. The number of hydrogen-bond acceptors (Lipinski definition) is 6. The molecule has 2 heterocycles. The Morgan fingerprint density at radius 1 is 1.44 bits per heavy atom. The molecule has 0 aliphatic heterocycles. The fourth-order valence-corrected chi connectivity index (χ4v) is 2.34. The molecule has 2 rings (SSSR count). The molecule has 0 fully saturated rings. The van der Waals surface area contributed by atoms with Crippen LogP contribution in [0, 0.1) is 0 Å². The van der Waals surface area contributed by atoms with Gasteiger partial charge in [-0.15, -0.1) is 0 Å². The summed E-state index contributed by atoms with van der Waals surface area (Å²) in [7, 11) is 0. The van der Waals surface area contributed by atoms with Crippen LogP contribution >= 0.6 is 23.4 Å². The second kappa shape index (κ2) is 5.99. The van der Waals surface area contributed by atoms with Crippen molar-refractivity contribution in [2.24, 2.45) is 5.84 Å². The molecule has 0 aliphatic carbocycles. The first-order valence-corrected chi connectivity index (χ1v) is 6.55. The Morgan fingerprint density at radius 3 is 2.94 bits per heavy atom. The summed E-state index contributed by atoms with van der Waals surface area (Å²) in [6, 6.07) is 5.34. The van der Waals surface area contributed by atoms with Gasteiger partial charge in [0.2, 0.25) is 0 Å². The number of rotatable bonds is 4. The zero-order valence-electron chi connectivity index (χ0n) is 9.72. The molecule has 18 heavy (non-hydrogen) atoms. The van der Waals surface area contributed by atoms with Gasteiger partial charge in [-0.05, 0) is 23.9 Å². The van der Waals surface area contributed by atoms with Crippen LogP contribution in [0.3, 0.4) is 0 Å². The maximum absolute atomic E-state index is 6.05. The van der Waals surface area contributed by atoms with Crippen LogP contribution in [0.5, 0.6) is 0 Å². The van der Waals surface area contributed by atoms with Crippen LogP contribution < -0.4 is 11.3 Å². The topological polar surface area (TPSA) is 76.7 Å². The first kappa shape index (κ1) is 13.1. The number of nitrogens with two attached hydrogens (primary N) is 1. The summed E-state index contributed by atoms with van der Waals surface area (Å²) in [6.07, 6.45) is 2.43. The summed E-state index contributed by atoms with van der Waals surface area (Å²) in [5.41, 5.74) is 2.52. The van der Waals surface area contributed by atoms with E-state index >= 15 is 0 Å². The van der Waals surface area contributed by atoms with Crippen LogP contribution in [0.4, 0.5) is 5.82 Å². The Labute approximate surface area is 114 Å². The second-order valence-electron chi connectivity index (χ2n) is 3.40. The third-order valence-electron chi connectivity index (χ3n) is 2.14. The predicted octanol–water partition coefficient (Wildman–Crippen LogP) is 2.52. The lowest BCUT2D eigenvalue weighted by Crippen LogP contribution is -2.10. The SMILES string of the molecule is CCc1nc(NN)cc(Sc2ncccc2Cl)n1. The highest BCUT2D eigenvalue weighted by atomic mass is 35.5. The normalized spacial score (nSPS) is 10.4. The van der Waals surface area contributed by atoms with E-state index in [0.29, 0.717) is 15.9 Å². The molecule has 0 saturated heterocycles. The third-order valence-corrected chi connectivity index (χ3v) is 3.49. The van der Waals surface area contributed by atoms with E-state index < -0.39 is 0 Å². The minimum atomic E-state index is 0.580. The zero-order valence-corrected chi connectivity index (χ0v) is 11.3. The van der Waals surface area contributed by atoms with Crippen LogP contribution in [-0.4, -0.2) is 15.0 Å². The van der Waals surface area contributed by atoms with E-state index in [1.807, 2.05) is 6.92 Å². The van der Waals surface area contributed by atoms with Crippen LogP contribution in [0.25, 0.3) is 0 Å². The molecule has 0 amide bonds. The van der Waals surface area contributed by atoms with Gasteiger partial charge in [-0.25, -0.2) is 20.8 Å². The van der Waals surface area contributed by atoms with Crippen molar-refractivity contribution in [1.29, 1.82) is 0 Å². The third kappa shape index (κ3) is 3.10. The Hall–Kier alpha value is -1.37. The molecule has 2 aromatic heterocycles. The van der Waals surface area contributed by atoms with Gasteiger partial charge < -0.3 is 5.43 Å². The molecule has 0 spiro atoms. The van der Waals surface area contributed by atoms with Crippen LogP contribution in [-0.2, 0) is 6.42 Å². The summed E-state index contributed by atoms with van der Waals surface area (Å²) < 4.78 is 0.